The van der Waals surface area contributed by atoms with Crippen molar-refractivity contribution in [2.45, 2.75) is 12.8 Å². The van der Waals surface area contributed by atoms with Gasteiger partial charge in [0.25, 0.3) is 5.69 Å². The van der Waals surface area contributed by atoms with Gasteiger partial charge in [0.2, 0.25) is 0 Å². The second kappa shape index (κ2) is 6.76. The first-order valence-corrected chi connectivity index (χ1v) is 7.92. The summed E-state index contributed by atoms with van der Waals surface area (Å²) in [5, 5.41) is 14.0. The van der Waals surface area contributed by atoms with Crippen LogP contribution in [0.2, 0.25) is 0 Å². The normalized spacial score (nSPS) is 15.0. The number of allylic oxidation sites excluding steroid dienone is 1. The molecule has 0 spiro atoms. The van der Waals surface area contributed by atoms with Crippen molar-refractivity contribution in [3.63, 3.8) is 0 Å². The lowest BCUT2D eigenvalue weighted by Crippen LogP contribution is -2.14. The van der Waals surface area contributed by atoms with Crippen molar-refractivity contribution >= 4 is 23.2 Å². The maximum absolute atomic E-state index is 12.7. The Labute approximate surface area is 145 Å². The Kier molecular flexibility index (Phi) is 4.52. The Balaban J connectivity index is 1.96. The van der Waals surface area contributed by atoms with Gasteiger partial charge >= 0.3 is 0 Å². The molecular formula is C19H18N2O4. The number of methoxy groups -OCH3 is 1. The van der Waals surface area contributed by atoms with Crippen LogP contribution in [0.3, 0.4) is 0 Å². The van der Waals surface area contributed by atoms with E-state index in [1.807, 2.05) is 6.07 Å². The molecule has 0 radical (unpaired) electrons. The first-order chi connectivity index (χ1) is 12.0. The summed E-state index contributed by atoms with van der Waals surface area (Å²) in [6, 6.07) is 10.3. The highest BCUT2D eigenvalue weighted by atomic mass is 16.6. The molecule has 25 heavy (non-hydrogen) atoms. The molecule has 0 amide bonds. The molecule has 0 saturated heterocycles. The monoisotopic (exact) mass is 338 g/mol. The summed E-state index contributed by atoms with van der Waals surface area (Å²) in [4.78, 5) is 23.5. The Morgan fingerprint density at radius 3 is 2.68 bits per heavy atom. The highest BCUT2D eigenvalue weighted by Crippen LogP contribution is 2.31. The summed E-state index contributed by atoms with van der Waals surface area (Å²) in [6.45, 7) is 0. The van der Waals surface area contributed by atoms with Crippen molar-refractivity contribution in [1.29, 1.82) is 0 Å². The Bertz CT molecular complexity index is 887. The summed E-state index contributed by atoms with van der Waals surface area (Å²) in [5.74, 6) is 0.696. The number of ketones is 1. The predicted octanol–water partition coefficient (Wildman–Crippen LogP) is 3.86. The smallest absolute Gasteiger partial charge is 0.292 e. The summed E-state index contributed by atoms with van der Waals surface area (Å²) in [6.07, 6.45) is 3.07. The number of rotatable bonds is 4. The second-order valence-electron chi connectivity index (χ2n) is 5.81. The lowest BCUT2D eigenvalue weighted by molar-refractivity contribution is -0.383. The van der Waals surface area contributed by atoms with Gasteiger partial charge in [-0.25, -0.2) is 0 Å². The highest BCUT2D eigenvalue weighted by Gasteiger charge is 2.22. The van der Waals surface area contributed by atoms with E-state index in [1.54, 1.807) is 44.5 Å². The molecule has 0 aromatic heterocycles. The molecule has 1 aliphatic carbocycles. The van der Waals surface area contributed by atoms with Crippen LogP contribution in [0.1, 0.15) is 27.9 Å². The Morgan fingerprint density at radius 1 is 1.20 bits per heavy atom. The molecule has 0 unspecified atom stereocenters. The van der Waals surface area contributed by atoms with E-state index < -0.39 is 4.92 Å². The van der Waals surface area contributed by atoms with Gasteiger partial charge in [-0.1, -0.05) is 6.07 Å². The van der Waals surface area contributed by atoms with Gasteiger partial charge in [-0.2, -0.15) is 0 Å². The fourth-order valence-electron chi connectivity index (χ4n) is 3.02. The summed E-state index contributed by atoms with van der Waals surface area (Å²) >= 11 is 0. The number of anilines is 1. The molecule has 0 atom stereocenters. The lowest BCUT2D eigenvalue weighted by Gasteiger charge is -2.18. The van der Waals surface area contributed by atoms with E-state index in [9.17, 15) is 14.9 Å². The average Bonchev–Trinajstić information content (AvgIpc) is 2.63. The second-order valence-corrected chi connectivity index (χ2v) is 5.81. The van der Waals surface area contributed by atoms with Crippen LogP contribution < -0.4 is 10.1 Å². The van der Waals surface area contributed by atoms with Gasteiger partial charge in [-0.05, 0) is 54.3 Å². The van der Waals surface area contributed by atoms with E-state index in [0.717, 1.165) is 17.7 Å². The maximum atomic E-state index is 12.7. The number of carbonyl (C=O) groups excluding carboxylic acids is 1. The molecule has 6 heteroatoms. The van der Waals surface area contributed by atoms with E-state index in [2.05, 4.69) is 5.32 Å². The number of nitro benzene ring substituents is 1. The number of fused-ring (bicyclic) bond motifs is 1. The van der Waals surface area contributed by atoms with Crippen LogP contribution in [0, 0.1) is 10.1 Å². The van der Waals surface area contributed by atoms with Gasteiger partial charge in [0.05, 0.1) is 12.0 Å². The molecule has 0 bridgehead atoms. The third-order valence-electron chi connectivity index (χ3n) is 4.34. The molecule has 1 aliphatic rings. The van der Waals surface area contributed by atoms with Crippen molar-refractivity contribution in [3.05, 3.63) is 68.8 Å². The number of nitro groups is 1. The quantitative estimate of drug-likeness (QED) is 0.520. The number of hydrogen-bond donors (Lipinski definition) is 1. The van der Waals surface area contributed by atoms with Crippen molar-refractivity contribution in [3.8, 4) is 5.75 Å². The van der Waals surface area contributed by atoms with Crippen molar-refractivity contribution in [1.82, 2.24) is 0 Å². The number of benzene rings is 2. The van der Waals surface area contributed by atoms with Crippen LogP contribution in [0.4, 0.5) is 11.4 Å². The van der Waals surface area contributed by atoms with E-state index in [4.69, 9.17) is 4.74 Å². The maximum Gasteiger partial charge on any atom is 0.292 e. The van der Waals surface area contributed by atoms with Crippen LogP contribution in [0.15, 0.2) is 42.0 Å². The Hall–Kier alpha value is -3.15. The number of Topliss-reactive ketones (excluding diaryl/α,β-unsaturated/α-hetero) is 1. The summed E-state index contributed by atoms with van der Waals surface area (Å²) < 4.78 is 5.20. The Morgan fingerprint density at radius 2 is 2.00 bits per heavy atom. The molecule has 0 saturated carbocycles. The fourth-order valence-corrected chi connectivity index (χ4v) is 3.02. The molecule has 2 aromatic carbocycles. The zero-order valence-electron chi connectivity index (χ0n) is 14.0. The minimum atomic E-state index is -0.432. The fraction of sp³-hybridized carbons (Fsp3) is 0.211. The first kappa shape index (κ1) is 16.7. The number of nitrogens with zero attached hydrogens (tertiary/aromatic N) is 1. The van der Waals surface area contributed by atoms with E-state index >= 15 is 0 Å². The molecule has 128 valence electrons. The van der Waals surface area contributed by atoms with E-state index in [0.29, 0.717) is 28.8 Å². The minimum Gasteiger partial charge on any atom is -0.497 e. The van der Waals surface area contributed by atoms with Gasteiger partial charge in [0.15, 0.2) is 5.78 Å². The van der Waals surface area contributed by atoms with Crippen molar-refractivity contribution in [2.24, 2.45) is 0 Å². The van der Waals surface area contributed by atoms with Gasteiger partial charge in [0.1, 0.15) is 11.4 Å². The third kappa shape index (κ3) is 3.24. The lowest BCUT2D eigenvalue weighted by atomic mass is 9.86. The standard InChI is InChI=1S/C19H18N2O4/c1-20-17-8-3-12(10-18(17)21(23)24)9-14-5-4-13-11-15(25-2)6-7-16(13)19(14)22/h3,6-11,20H,4-5H2,1-2H3/b14-9-. The van der Waals surface area contributed by atoms with Gasteiger partial charge in [-0.3, -0.25) is 14.9 Å². The summed E-state index contributed by atoms with van der Waals surface area (Å²) in [5.41, 5.74) is 3.37. The number of ether oxygens (including phenoxy) is 1. The number of aryl methyl sites for hydroxylation is 1. The molecule has 1 N–H and O–H groups in total. The van der Waals surface area contributed by atoms with Gasteiger partial charge in [0, 0.05) is 24.3 Å². The van der Waals surface area contributed by atoms with Crippen molar-refractivity contribution < 1.29 is 14.5 Å². The number of nitrogens with one attached hydrogen (secondary N) is 1. The molecule has 2 aromatic rings. The minimum absolute atomic E-state index is 0.00903. The third-order valence-corrected chi connectivity index (χ3v) is 4.34. The zero-order valence-corrected chi connectivity index (χ0v) is 14.0. The topological polar surface area (TPSA) is 81.5 Å². The SMILES string of the molecule is CNc1ccc(/C=C2/CCc3cc(OC)ccc3C2=O)cc1[N+](=O)[O-]. The average molecular weight is 338 g/mol. The molecule has 0 heterocycles. The van der Waals surface area contributed by atoms with Crippen LogP contribution in [0.25, 0.3) is 6.08 Å². The molecule has 0 aliphatic heterocycles. The van der Waals surface area contributed by atoms with E-state index in [1.165, 1.54) is 6.07 Å². The van der Waals surface area contributed by atoms with Gasteiger partial charge < -0.3 is 10.1 Å². The van der Waals surface area contributed by atoms with Crippen molar-refractivity contribution in [2.75, 3.05) is 19.5 Å². The highest BCUT2D eigenvalue weighted by molar-refractivity contribution is 6.13. The predicted molar refractivity (Wildman–Crippen MR) is 96.3 cm³/mol. The van der Waals surface area contributed by atoms with Crippen LogP contribution >= 0.6 is 0 Å². The first-order valence-electron chi connectivity index (χ1n) is 7.92. The van der Waals surface area contributed by atoms with Gasteiger partial charge in [-0.15, -0.1) is 0 Å². The molecule has 6 nitrogen and oxygen atoms in total. The van der Waals surface area contributed by atoms with E-state index in [-0.39, 0.29) is 11.5 Å². The molecular weight excluding hydrogens is 320 g/mol. The molecule has 3 rings (SSSR count). The van der Waals surface area contributed by atoms with Crippen LogP contribution in [0.5, 0.6) is 5.75 Å². The zero-order chi connectivity index (χ0) is 18.0. The number of carbonyl (C=O) groups is 1. The largest absolute Gasteiger partial charge is 0.497 e. The number of hydrogen-bond acceptors (Lipinski definition) is 5. The van der Waals surface area contributed by atoms with Crippen LogP contribution in [-0.2, 0) is 6.42 Å². The summed E-state index contributed by atoms with van der Waals surface area (Å²) in [7, 11) is 3.23. The van der Waals surface area contributed by atoms with Crippen LogP contribution in [-0.4, -0.2) is 24.9 Å². The molecule has 0 fully saturated rings.